The molecule has 0 bridgehead atoms. The van der Waals surface area contributed by atoms with Crippen LogP contribution in [0.4, 0.5) is 10.2 Å². The number of halogens is 1. The maximum atomic E-state index is 13.2. The minimum Gasteiger partial charge on any atom is -0.353 e. The summed E-state index contributed by atoms with van der Waals surface area (Å²) in [4.78, 5) is 26.1. The lowest BCUT2D eigenvalue weighted by Crippen LogP contribution is -2.41. The average Bonchev–Trinajstić information content (AvgIpc) is 2.86. The molecule has 0 aliphatic carbocycles. The Hall–Kier alpha value is -3.18. The molecule has 2 aromatic rings. The number of nitrogens with zero attached hydrogens (tertiary/aromatic N) is 3. The van der Waals surface area contributed by atoms with Crippen LogP contribution in [0.2, 0.25) is 0 Å². The van der Waals surface area contributed by atoms with Gasteiger partial charge in [-0.05, 0) is 58.0 Å². The van der Waals surface area contributed by atoms with Crippen LogP contribution >= 0.6 is 0 Å². The molecule has 0 aliphatic rings. The van der Waals surface area contributed by atoms with E-state index in [1.165, 1.54) is 12.1 Å². The second-order valence-corrected chi connectivity index (χ2v) is 7.70. The van der Waals surface area contributed by atoms with Gasteiger partial charge in [0.2, 0.25) is 11.8 Å². The van der Waals surface area contributed by atoms with Gasteiger partial charge in [-0.1, -0.05) is 12.1 Å². The summed E-state index contributed by atoms with van der Waals surface area (Å²) in [7, 11) is 1.68. The molecular weight excluding hydrogens is 385 g/mol. The van der Waals surface area contributed by atoms with Gasteiger partial charge in [0.25, 0.3) is 0 Å². The first-order valence-electron chi connectivity index (χ1n) is 9.74. The van der Waals surface area contributed by atoms with Crippen molar-refractivity contribution in [3.63, 3.8) is 0 Å². The molecule has 1 heterocycles. The molecule has 0 radical (unpaired) electrons. The third-order valence-corrected chi connectivity index (χ3v) is 4.73. The van der Waals surface area contributed by atoms with Gasteiger partial charge < -0.3 is 15.2 Å². The molecule has 0 aliphatic heterocycles. The highest BCUT2D eigenvalue weighted by molar-refractivity contribution is 5.93. The van der Waals surface area contributed by atoms with Crippen LogP contribution in [0.5, 0.6) is 0 Å². The molecule has 2 amide bonds. The largest absolute Gasteiger partial charge is 0.353 e. The van der Waals surface area contributed by atoms with Crippen molar-refractivity contribution in [2.24, 2.45) is 0 Å². The molecule has 160 valence electrons. The molecular formula is C22H28FN5O2. The zero-order valence-corrected chi connectivity index (χ0v) is 18.0. The van der Waals surface area contributed by atoms with E-state index >= 15 is 0 Å². The van der Waals surface area contributed by atoms with Crippen LogP contribution in [0.3, 0.4) is 0 Å². The molecule has 0 spiro atoms. The Morgan fingerprint density at radius 3 is 2.33 bits per heavy atom. The number of nitrogens with one attached hydrogen (secondary N) is 2. The fraction of sp³-hybridized carbons (Fsp3) is 0.409. The maximum absolute atomic E-state index is 13.2. The van der Waals surface area contributed by atoms with Gasteiger partial charge in [-0.25, -0.2) is 4.39 Å². The van der Waals surface area contributed by atoms with E-state index in [9.17, 15) is 19.2 Å². The third kappa shape index (κ3) is 5.91. The van der Waals surface area contributed by atoms with E-state index in [2.05, 4.69) is 16.7 Å². The van der Waals surface area contributed by atoms with Gasteiger partial charge in [-0.3, -0.25) is 14.5 Å². The molecule has 2 N–H and O–H groups in total. The highest BCUT2D eigenvalue weighted by atomic mass is 19.1. The van der Waals surface area contributed by atoms with Crippen LogP contribution in [0.1, 0.15) is 36.2 Å². The lowest BCUT2D eigenvalue weighted by molar-refractivity contribution is -0.123. The first-order chi connectivity index (χ1) is 14.1. The van der Waals surface area contributed by atoms with Gasteiger partial charge in [0.1, 0.15) is 17.7 Å². The summed E-state index contributed by atoms with van der Waals surface area (Å²) in [6, 6.07) is 8.28. The number of hydrogen-bond donors (Lipinski definition) is 2. The van der Waals surface area contributed by atoms with Crippen LogP contribution in [-0.2, 0) is 16.1 Å². The highest BCUT2D eigenvalue weighted by Gasteiger charge is 2.21. The number of carbonyl (C=O) groups is 2. The predicted octanol–water partition coefficient (Wildman–Crippen LogP) is 2.56. The van der Waals surface area contributed by atoms with E-state index in [1.807, 2.05) is 32.3 Å². The van der Waals surface area contributed by atoms with Crippen molar-refractivity contribution in [2.45, 2.75) is 40.3 Å². The van der Waals surface area contributed by atoms with E-state index in [1.54, 1.807) is 24.1 Å². The first kappa shape index (κ1) is 23.1. The van der Waals surface area contributed by atoms with Gasteiger partial charge in [0, 0.05) is 18.3 Å². The number of rotatable bonds is 8. The molecule has 2 rings (SSSR count). The van der Waals surface area contributed by atoms with Gasteiger partial charge in [0.15, 0.2) is 0 Å². The molecule has 0 saturated carbocycles. The second kappa shape index (κ2) is 10.0. The Labute approximate surface area is 176 Å². The summed E-state index contributed by atoms with van der Waals surface area (Å²) in [5.41, 5.74) is 2.86. The van der Waals surface area contributed by atoms with Crippen molar-refractivity contribution in [1.82, 2.24) is 14.8 Å². The molecule has 1 aromatic heterocycles. The third-order valence-electron chi connectivity index (χ3n) is 4.73. The van der Waals surface area contributed by atoms with Crippen molar-refractivity contribution in [1.29, 1.82) is 5.26 Å². The molecule has 8 heteroatoms. The topological polar surface area (TPSA) is 90.2 Å². The van der Waals surface area contributed by atoms with Crippen LogP contribution in [0.25, 0.3) is 0 Å². The Bertz CT molecular complexity index is 957. The number of aromatic nitrogens is 1. The van der Waals surface area contributed by atoms with E-state index in [4.69, 9.17) is 0 Å². The Morgan fingerprint density at radius 2 is 1.77 bits per heavy atom. The van der Waals surface area contributed by atoms with E-state index in [0.29, 0.717) is 17.9 Å². The van der Waals surface area contributed by atoms with E-state index in [0.717, 1.165) is 16.8 Å². The van der Waals surface area contributed by atoms with Crippen molar-refractivity contribution in [3.8, 4) is 6.07 Å². The molecule has 0 unspecified atom stereocenters. The molecule has 7 nitrogen and oxygen atoms in total. The Kier molecular flexibility index (Phi) is 7.72. The zero-order chi connectivity index (χ0) is 22.4. The Balaban J connectivity index is 2.18. The minimum atomic E-state index is -0.329. The molecule has 0 atom stereocenters. The SMILES string of the molecule is Cc1c(C#N)c(NC(=O)CN(C)CC(=O)NC(C)C)n(Cc2ccc(F)cc2)c1C. The normalized spacial score (nSPS) is 10.9. The fourth-order valence-corrected chi connectivity index (χ4v) is 3.19. The van der Waals surface area contributed by atoms with Gasteiger partial charge in [-0.15, -0.1) is 0 Å². The summed E-state index contributed by atoms with van der Waals surface area (Å²) < 4.78 is 15.1. The van der Waals surface area contributed by atoms with Crippen molar-refractivity contribution in [2.75, 3.05) is 25.5 Å². The monoisotopic (exact) mass is 413 g/mol. The molecule has 30 heavy (non-hydrogen) atoms. The molecule has 0 saturated heterocycles. The number of likely N-dealkylation sites (N-methyl/N-ethyl adjacent to an activating group) is 1. The average molecular weight is 413 g/mol. The second-order valence-electron chi connectivity index (χ2n) is 7.70. The van der Waals surface area contributed by atoms with E-state index in [-0.39, 0.29) is 36.8 Å². The molecule has 1 aromatic carbocycles. The number of carbonyl (C=O) groups excluding carboxylic acids is 2. The van der Waals surface area contributed by atoms with Crippen LogP contribution in [0, 0.1) is 31.0 Å². The summed E-state index contributed by atoms with van der Waals surface area (Å²) in [5.74, 6) is -0.412. The van der Waals surface area contributed by atoms with Crippen molar-refractivity contribution < 1.29 is 14.0 Å². The zero-order valence-electron chi connectivity index (χ0n) is 18.0. The minimum absolute atomic E-state index is 0.00376. The van der Waals surface area contributed by atoms with Gasteiger partial charge >= 0.3 is 0 Å². The van der Waals surface area contributed by atoms with Crippen molar-refractivity contribution >= 4 is 17.6 Å². The lowest BCUT2D eigenvalue weighted by Gasteiger charge is -2.18. The van der Waals surface area contributed by atoms with E-state index < -0.39 is 0 Å². The molecule has 0 fully saturated rings. The summed E-state index contributed by atoms with van der Waals surface area (Å²) in [6.45, 7) is 7.91. The van der Waals surface area contributed by atoms with Gasteiger partial charge in [-0.2, -0.15) is 5.26 Å². The van der Waals surface area contributed by atoms with Gasteiger partial charge in [0.05, 0.1) is 18.7 Å². The quantitative estimate of drug-likeness (QED) is 0.696. The maximum Gasteiger partial charge on any atom is 0.239 e. The number of benzene rings is 1. The van der Waals surface area contributed by atoms with Crippen LogP contribution in [0.15, 0.2) is 24.3 Å². The summed E-state index contributed by atoms with van der Waals surface area (Å²) in [5, 5.41) is 15.2. The number of hydrogen-bond acceptors (Lipinski definition) is 4. The fourth-order valence-electron chi connectivity index (χ4n) is 3.19. The summed E-state index contributed by atoms with van der Waals surface area (Å²) in [6.07, 6.45) is 0. The number of anilines is 1. The highest BCUT2D eigenvalue weighted by Crippen LogP contribution is 2.27. The lowest BCUT2D eigenvalue weighted by atomic mass is 10.2. The standard InChI is InChI=1S/C22H28FN5O2/c1-14(2)25-20(29)12-27(5)13-21(30)26-22-19(10-24)15(3)16(4)28(22)11-17-6-8-18(23)9-7-17/h6-9,14H,11-13H2,1-5H3,(H,25,29)(H,26,30). The van der Waals surface area contributed by atoms with Crippen molar-refractivity contribution in [3.05, 3.63) is 52.5 Å². The first-order valence-corrected chi connectivity index (χ1v) is 9.74. The Morgan fingerprint density at radius 1 is 1.17 bits per heavy atom. The summed E-state index contributed by atoms with van der Waals surface area (Å²) >= 11 is 0. The number of amides is 2. The smallest absolute Gasteiger partial charge is 0.239 e. The van der Waals surface area contributed by atoms with Crippen LogP contribution in [-0.4, -0.2) is 47.5 Å². The predicted molar refractivity (Wildman–Crippen MR) is 114 cm³/mol. The number of nitriles is 1. The van der Waals surface area contributed by atoms with Crippen LogP contribution < -0.4 is 10.6 Å².